The van der Waals surface area contributed by atoms with Crippen LogP contribution < -0.4 is 10.1 Å². The van der Waals surface area contributed by atoms with Crippen LogP contribution in [0.3, 0.4) is 0 Å². The zero-order valence-electron chi connectivity index (χ0n) is 11.5. The highest BCUT2D eigenvalue weighted by molar-refractivity contribution is 5.85. The minimum atomic E-state index is -0.899. The van der Waals surface area contributed by atoms with E-state index in [9.17, 15) is 9.59 Å². The van der Waals surface area contributed by atoms with Crippen molar-refractivity contribution in [1.29, 1.82) is 0 Å². The van der Waals surface area contributed by atoms with Gasteiger partial charge < -0.3 is 15.2 Å². The second-order valence-corrected chi connectivity index (χ2v) is 4.94. The van der Waals surface area contributed by atoms with Gasteiger partial charge in [-0.05, 0) is 18.9 Å². The fourth-order valence-electron chi connectivity index (χ4n) is 2.42. The van der Waals surface area contributed by atoms with Gasteiger partial charge in [0.2, 0.25) is 5.91 Å². The molecule has 0 spiro atoms. The normalized spacial score (nSPS) is 18.6. The number of ether oxygens (including phenoxy) is 1. The van der Waals surface area contributed by atoms with Gasteiger partial charge in [-0.2, -0.15) is 0 Å². The average Bonchev–Trinajstić information content (AvgIpc) is 2.45. The van der Waals surface area contributed by atoms with Crippen LogP contribution in [0.5, 0.6) is 5.75 Å². The Morgan fingerprint density at radius 3 is 2.90 bits per heavy atom. The van der Waals surface area contributed by atoms with E-state index in [2.05, 4.69) is 5.32 Å². The zero-order valence-corrected chi connectivity index (χ0v) is 11.5. The lowest BCUT2D eigenvalue weighted by molar-refractivity contribution is -0.137. The molecule has 5 heteroatoms. The van der Waals surface area contributed by atoms with Crippen molar-refractivity contribution in [3.05, 3.63) is 29.8 Å². The molecule has 2 rings (SSSR count). The number of benzene rings is 1. The molecule has 1 aliphatic heterocycles. The average molecular weight is 277 g/mol. The van der Waals surface area contributed by atoms with Crippen LogP contribution in [0.4, 0.5) is 0 Å². The number of carboxylic acids is 1. The van der Waals surface area contributed by atoms with Gasteiger partial charge in [-0.25, -0.2) is 0 Å². The van der Waals surface area contributed by atoms with Crippen molar-refractivity contribution >= 4 is 11.9 Å². The highest BCUT2D eigenvalue weighted by Crippen LogP contribution is 2.33. The first-order chi connectivity index (χ1) is 9.61. The molecule has 0 fully saturated rings. The van der Waals surface area contributed by atoms with E-state index in [1.165, 1.54) is 0 Å². The molecule has 5 nitrogen and oxygen atoms in total. The summed E-state index contributed by atoms with van der Waals surface area (Å²) in [6.45, 7) is 2.37. The predicted molar refractivity (Wildman–Crippen MR) is 73.8 cm³/mol. The summed E-state index contributed by atoms with van der Waals surface area (Å²) >= 11 is 0. The molecule has 0 aliphatic carbocycles. The number of rotatable bonds is 5. The first-order valence-electron chi connectivity index (χ1n) is 6.85. The van der Waals surface area contributed by atoms with Gasteiger partial charge in [0.25, 0.3) is 0 Å². The summed E-state index contributed by atoms with van der Waals surface area (Å²) in [6, 6.07) is 7.16. The second kappa shape index (κ2) is 6.41. The number of amides is 1. The van der Waals surface area contributed by atoms with Crippen LogP contribution in [0.15, 0.2) is 24.3 Å². The Labute approximate surface area is 117 Å². The molecular formula is C15H19NO4. The number of carboxylic acid groups (broad SMARTS) is 1. The molecule has 0 saturated heterocycles. The fourth-order valence-corrected chi connectivity index (χ4v) is 2.42. The number of aliphatic carboxylic acids is 1. The molecule has 0 saturated carbocycles. The number of para-hydroxylation sites is 1. The second-order valence-electron chi connectivity index (χ2n) is 4.94. The van der Waals surface area contributed by atoms with Crippen molar-refractivity contribution < 1.29 is 19.4 Å². The number of carbonyl (C=O) groups is 2. The lowest BCUT2D eigenvalue weighted by atomic mass is 9.92. The summed E-state index contributed by atoms with van der Waals surface area (Å²) in [5, 5.41) is 11.7. The quantitative estimate of drug-likeness (QED) is 0.862. The van der Waals surface area contributed by atoms with Crippen LogP contribution in [0.1, 0.15) is 37.7 Å². The molecule has 0 radical (unpaired) electrons. The summed E-state index contributed by atoms with van der Waals surface area (Å²) in [5.41, 5.74) is 0.876. The van der Waals surface area contributed by atoms with Crippen LogP contribution in [-0.2, 0) is 9.59 Å². The van der Waals surface area contributed by atoms with E-state index in [4.69, 9.17) is 9.84 Å². The third-order valence-corrected chi connectivity index (χ3v) is 3.54. The molecule has 2 unspecified atom stereocenters. The SMILES string of the molecule is CCC(CC(=O)O)NC(=O)C1CCOc2ccccc21. The molecule has 1 amide bonds. The summed E-state index contributed by atoms with van der Waals surface area (Å²) in [5.74, 6) is -0.536. The highest BCUT2D eigenvalue weighted by atomic mass is 16.5. The Hall–Kier alpha value is -2.04. The maximum Gasteiger partial charge on any atom is 0.305 e. The first kappa shape index (κ1) is 14.4. The number of fused-ring (bicyclic) bond motifs is 1. The summed E-state index contributed by atoms with van der Waals surface area (Å²) in [7, 11) is 0. The van der Waals surface area contributed by atoms with Crippen LogP contribution in [0, 0.1) is 0 Å². The van der Waals surface area contributed by atoms with Crippen LogP contribution in [0.25, 0.3) is 0 Å². The molecule has 0 bridgehead atoms. The third kappa shape index (κ3) is 3.29. The molecule has 20 heavy (non-hydrogen) atoms. The van der Waals surface area contributed by atoms with E-state index >= 15 is 0 Å². The lowest BCUT2D eigenvalue weighted by Gasteiger charge is -2.26. The Morgan fingerprint density at radius 1 is 1.45 bits per heavy atom. The van der Waals surface area contributed by atoms with Gasteiger partial charge in [0, 0.05) is 11.6 Å². The maximum atomic E-state index is 12.4. The predicted octanol–water partition coefficient (Wildman–Crippen LogP) is 1.92. The highest BCUT2D eigenvalue weighted by Gasteiger charge is 2.28. The summed E-state index contributed by atoms with van der Waals surface area (Å²) in [4.78, 5) is 23.1. The van der Waals surface area contributed by atoms with E-state index in [0.29, 0.717) is 19.4 Å². The Balaban J connectivity index is 2.08. The summed E-state index contributed by atoms with van der Waals surface area (Å²) < 4.78 is 5.53. The smallest absolute Gasteiger partial charge is 0.305 e. The van der Waals surface area contributed by atoms with Crippen molar-refractivity contribution in [1.82, 2.24) is 5.32 Å². The van der Waals surface area contributed by atoms with E-state index in [1.54, 1.807) is 0 Å². The topological polar surface area (TPSA) is 75.6 Å². The first-order valence-corrected chi connectivity index (χ1v) is 6.85. The molecule has 108 valence electrons. The molecule has 0 aromatic heterocycles. The monoisotopic (exact) mass is 277 g/mol. The van der Waals surface area contributed by atoms with Gasteiger partial charge >= 0.3 is 5.97 Å². The Morgan fingerprint density at radius 2 is 2.20 bits per heavy atom. The molecule has 2 atom stereocenters. The van der Waals surface area contributed by atoms with E-state index < -0.39 is 5.97 Å². The molecule has 1 heterocycles. The fraction of sp³-hybridized carbons (Fsp3) is 0.467. The zero-order chi connectivity index (χ0) is 14.5. The number of nitrogens with one attached hydrogen (secondary N) is 1. The van der Waals surface area contributed by atoms with E-state index in [-0.39, 0.29) is 24.3 Å². The van der Waals surface area contributed by atoms with Crippen molar-refractivity contribution in [3.8, 4) is 5.75 Å². The van der Waals surface area contributed by atoms with Gasteiger partial charge in [-0.3, -0.25) is 9.59 Å². The summed E-state index contributed by atoms with van der Waals surface area (Å²) in [6.07, 6.45) is 1.17. The van der Waals surface area contributed by atoms with Gasteiger partial charge in [0.05, 0.1) is 18.9 Å². The van der Waals surface area contributed by atoms with Crippen molar-refractivity contribution in [2.24, 2.45) is 0 Å². The maximum absolute atomic E-state index is 12.4. The third-order valence-electron chi connectivity index (χ3n) is 3.54. The number of hydrogen-bond acceptors (Lipinski definition) is 3. The van der Waals surface area contributed by atoms with Gasteiger partial charge in [0.1, 0.15) is 5.75 Å². The minimum Gasteiger partial charge on any atom is -0.493 e. The van der Waals surface area contributed by atoms with Crippen LogP contribution in [0.2, 0.25) is 0 Å². The van der Waals surface area contributed by atoms with Crippen LogP contribution >= 0.6 is 0 Å². The minimum absolute atomic E-state index is 0.0485. The van der Waals surface area contributed by atoms with Crippen molar-refractivity contribution in [3.63, 3.8) is 0 Å². The van der Waals surface area contributed by atoms with E-state index in [0.717, 1.165) is 11.3 Å². The van der Waals surface area contributed by atoms with Crippen molar-refractivity contribution in [2.45, 2.75) is 38.1 Å². The lowest BCUT2D eigenvalue weighted by Crippen LogP contribution is -2.40. The Bertz CT molecular complexity index is 500. The largest absolute Gasteiger partial charge is 0.493 e. The number of carbonyl (C=O) groups excluding carboxylic acids is 1. The van der Waals surface area contributed by atoms with Gasteiger partial charge in [-0.1, -0.05) is 25.1 Å². The molecule has 1 aromatic carbocycles. The molecule has 1 aromatic rings. The van der Waals surface area contributed by atoms with E-state index in [1.807, 2.05) is 31.2 Å². The van der Waals surface area contributed by atoms with Gasteiger partial charge in [-0.15, -0.1) is 0 Å². The van der Waals surface area contributed by atoms with Crippen LogP contribution in [-0.4, -0.2) is 29.6 Å². The molecule has 1 aliphatic rings. The molecular weight excluding hydrogens is 258 g/mol. The Kier molecular flexibility index (Phi) is 4.61. The number of hydrogen-bond donors (Lipinski definition) is 2. The molecule has 2 N–H and O–H groups in total. The van der Waals surface area contributed by atoms with Gasteiger partial charge in [0.15, 0.2) is 0 Å². The standard InChI is InChI=1S/C15H19NO4/c1-2-10(9-14(17)18)16-15(19)12-7-8-20-13-6-4-3-5-11(12)13/h3-6,10,12H,2,7-9H2,1H3,(H,16,19)(H,17,18). The van der Waals surface area contributed by atoms with Crippen molar-refractivity contribution in [2.75, 3.05) is 6.61 Å².